The van der Waals surface area contributed by atoms with Crippen molar-refractivity contribution in [1.29, 1.82) is 0 Å². The highest BCUT2D eigenvalue weighted by atomic mass is 127. The number of fused-ring (bicyclic) bond motifs is 3. The molecule has 0 amide bonds. The van der Waals surface area contributed by atoms with Gasteiger partial charge in [-0.1, -0.05) is 63.7 Å². The number of ether oxygens (including phenoxy) is 1. The molecule has 4 nitrogen and oxygen atoms in total. The molecule has 0 radical (unpaired) electrons. The number of hydrogen-bond donors (Lipinski definition) is 0. The Hall–Kier alpha value is -1.76. The number of methoxy groups -OCH3 is 1. The van der Waals surface area contributed by atoms with E-state index in [4.69, 9.17) is 9.73 Å². The molecule has 0 N–H and O–H groups in total. The lowest BCUT2D eigenvalue weighted by Gasteiger charge is -2.30. The van der Waals surface area contributed by atoms with Crippen molar-refractivity contribution in [2.45, 2.75) is 18.9 Å². The summed E-state index contributed by atoms with van der Waals surface area (Å²) in [4.78, 5) is 19.7. The van der Waals surface area contributed by atoms with Gasteiger partial charge in [0.1, 0.15) is 5.75 Å². The van der Waals surface area contributed by atoms with Gasteiger partial charge in [0, 0.05) is 10.0 Å². The summed E-state index contributed by atoms with van der Waals surface area (Å²) in [6, 6.07) is 20.7. The van der Waals surface area contributed by atoms with E-state index in [1.54, 1.807) is 7.11 Å². The van der Waals surface area contributed by atoms with Crippen LogP contribution in [-0.4, -0.2) is 11.7 Å². The predicted molar refractivity (Wildman–Crippen MR) is 165 cm³/mol. The molecule has 0 spiro atoms. The minimum Gasteiger partial charge on any atom is -0.495 e. The van der Waals surface area contributed by atoms with Gasteiger partial charge in [0.05, 0.1) is 30.5 Å². The van der Waals surface area contributed by atoms with Crippen LogP contribution >= 0.6 is 72.4 Å². The number of aromatic nitrogens is 1. The lowest BCUT2D eigenvalue weighted by atomic mass is 9.83. The fourth-order valence-electron chi connectivity index (χ4n) is 4.98. The Balaban J connectivity index is 1.60. The van der Waals surface area contributed by atoms with Gasteiger partial charge in [0.25, 0.3) is 5.56 Å². The Labute approximate surface area is 247 Å². The molecule has 3 aromatic carbocycles. The summed E-state index contributed by atoms with van der Waals surface area (Å²) in [7, 11) is 1.68. The topological polar surface area (TPSA) is 43.6 Å². The first-order valence-corrected chi connectivity index (χ1v) is 15.1. The maximum absolute atomic E-state index is 13.9. The van der Waals surface area contributed by atoms with Crippen LogP contribution in [0.1, 0.15) is 34.7 Å². The van der Waals surface area contributed by atoms with Gasteiger partial charge in [-0.3, -0.25) is 9.36 Å². The molecule has 0 bridgehead atoms. The maximum Gasteiger partial charge on any atom is 0.271 e. The van der Waals surface area contributed by atoms with Crippen LogP contribution in [0.2, 0.25) is 0 Å². The molecule has 1 atom stereocenters. The summed E-state index contributed by atoms with van der Waals surface area (Å²) in [6.45, 7) is 0. The average molecular weight is 781 g/mol. The van der Waals surface area contributed by atoms with Crippen LogP contribution in [0.5, 0.6) is 5.75 Å². The van der Waals surface area contributed by atoms with E-state index in [2.05, 4.69) is 97.5 Å². The van der Waals surface area contributed by atoms with Crippen LogP contribution in [-0.2, 0) is 6.42 Å². The normalized spacial score (nSPS) is 16.8. The molecule has 2 aliphatic rings. The fourth-order valence-corrected chi connectivity index (χ4v) is 8.50. The molecule has 6 rings (SSSR count). The molecule has 1 aliphatic carbocycles. The second-order valence-corrected chi connectivity index (χ2v) is 12.9. The molecular weight excluding hydrogens is 762 g/mol. The predicted octanol–water partition coefficient (Wildman–Crippen LogP) is 6.30. The second-order valence-electron chi connectivity index (χ2n) is 8.68. The van der Waals surface area contributed by atoms with Crippen molar-refractivity contribution in [3.63, 3.8) is 0 Å². The lowest BCUT2D eigenvalue weighted by molar-refractivity contribution is 0.409. The smallest absolute Gasteiger partial charge is 0.271 e. The quantitative estimate of drug-likeness (QED) is 0.230. The molecule has 8 heteroatoms. The first-order chi connectivity index (χ1) is 17.4. The Morgan fingerprint density at radius 1 is 1.08 bits per heavy atom. The lowest BCUT2D eigenvalue weighted by Crippen LogP contribution is -2.38. The molecule has 4 aromatic rings. The number of nitrogens with zero attached hydrogens (tertiary/aromatic N) is 2. The molecule has 36 heavy (non-hydrogen) atoms. The van der Waals surface area contributed by atoms with Gasteiger partial charge >= 0.3 is 0 Å². The van der Waals surface area contributed by atoms with Crippen molar-refractivity contribution in [3.05, 3.63) is 120 Å². The molecule has 1 aromatic heterocycles. The van der Waals surface area contributed by atoms with Crippen molar-refractivity contribution in [2.75, 3.05) is 7.11 Å². The van der Waals surface area contributed by atoms with Crippen LogP contribution in [0.3, 0.4) is 0 Å². The number of rotatable bonds is 3. The van der Waals surface area contributed by atoms with Gasteiger partial charge < -0.3 is 4.74 Å². The highest BCUT2D eigenvalue weighted by Gasteiger charge is 2.32. The molecule has 2 heterocycles. The average Bonchev–Trinajstić information content (AvgIpc) is 3.17. The van der Waals surface area contributed by atoms with Gasteiger partial charge in [-0.05, 0) is 111 Å². The van der Waals surface area contributed by atoms with E-state index >= 15 is 0 Å². The minimum absolute atomic E-state index is 0.00193. The van der Waals surface area contributed by atoms with Crippen molar-refractivity contribution >= 4 is 84.2 Å². The van der Waals surface area contributed by atoms with Crippen LogP contribution in [0.25, 0.3) is 11.8 Å². The Morgan fingerprint density at radius 2 is 1.81 bits per heavy atom. The number of benzene rings is 3. The highest BCUT2D eigenvalue weighted by Crippen LogP contribution is 2.41. The zero-order chi connectivity index (χ0) is 25.0. The van der Waals surface area contributed by atoms with E-state index < -0.39 is 0 Å². The Bertz CT molecular complexity index is 1720. The van der Waals surface area contributed by atoms with E-state index in [1.165, 1.54) is 28.0 Å². The van der Waals surface area contributed by atoms with Crippen LogP contribution in [0.15, 0.2) is 80.5 Å². The van der Waals surface area contributed by atoms with Crippen molar-refractivity contribution in [3.8, 4) is 5.75 Å². The summed E-state index contributed by atoms with van der Waals surface area (Å²) >= 11 is 9.57. The molecular formula is C28H19BrI2N2O2S. The minimum atomic E-state index is -0.170. The summed E-state index contributed by atoms with van der Waals surface area (Å²) in [6.07, 6.45) is 3.81. The largest absolute Gasteiger partial charge is 0.495 e. The molecule has 180 valence electrons. The summed E-state index contributed by atoms with van der Waals surface area (Å²) in [5.74, 6) is 0.858. The van der Waals surface area contributed by atoms with E-state index in [0.717, 1.165) is 51.8 Å². The van der Waals surface area contributed by atoms with Gasteiger partial charge in [-0.2, -0.15) is 0 Å². The monoisotopic (exact) mass is 780 g/mol. The van der Waals surface area contributed by atoms with E-state index in [0.29, 0.717) is 4.53 Å². The van der Waals surface area contributed by atoms with Gasteiger partial charge in [0.2, 0.25) is 0 Å². The van der Waals surface area contributed by atoms with Crippen molar-refractivity contribution < 1.29 is 4.74 Å². The van der Waals surface area contributed by atoms with E-state index in [1.807, 2.05) is 34.9 Å². The molecule has 1 aliphatic heterocycles. The summed E-state index contributed by atoms with van der Waals surface area (Å²) in [5, 5.41) is 0. The van der Waals surface area contributed by atoms with Gasteiger partial charge in [0.15, 0.2) is 4.80 Å². The standard InChI is InChI=1S/C28H19BrI2N2O2S/c1-35-26-21(30)12-15(13-22(26)31)14-23-27(34)33-25(17-6-9-18(29)10-7-17)20-11-8-16-4-2-3-5-19(16)24(20)32-28(33)36-23/h2-7,9-10,12-14,25H,8,11H2,1H3/b23-14+/t25-/m0/s1. The SMILES string of the molecule is COc1c(I)cc(/C=c2/sc3n(c2=O)[C@@H](c2ccc(Br)cc2)C2=C(N=3)c3ccccc3CC2)cc1I. The third kappa shape index (κ3) is 4.23. The van der Waals surface area contributed by atoms with Crippen molar-refractivity contribution in [1.82, 2.24) is 4.57 Å². The third-order valence-electron chi connectivity index (χ3n) is 6.58. The number of hydrogen-bond acceptors (Lipinski definition) is 4. The van der Waals surface area contributed by atoms with Crippen molar-refractivity contribution in [2.24, 2.45) is 4.99 Å². The fraction of sp³-hybridized carbons (Fsp3) is 0.143. The zero-order valence-corrected chi connectivity index (χ0v) is 25.8. The van der Waals surface area contributed by atoms with Crippen LogP contribution in [0.4, 0.5) is 0 Å². The van der Waals surface area contributed by atoms with Crippen LogP contribution in [0, 0.1) is 7.14 Å². The molecule has 0 fully saturated rings. The number of allylic oxidation sites excluding steroid dienone is 1. The third-order valence-corrected chi connectivity index (χ3v) is 9.70. The van der Waals surface area contributed by atoms with Gasteiger partial charge in [-0.25, -0.2) is 4.99 Å². The first-order valence-electron chi connectivity index (χ1n) is 11.4. The van der Waals surface area contributed by atoms with E-state index in [-0.39, 0.29) is 11.6 Å². The summed E-state index contributed by atoms with van der Waals surface area (Å²) in [5.41, 5.74) is 6.80. The zero-order valence-electron chi connectivity index (χ0n) is 19.1. The second kappa shape index (κ2) is 9.85. The maximum atomic E-state index is 13.9. The van der Waals surface area contributed by atoms with E-state index in [9.17, 15) is 4.79 Å². The number of aryl methyl sites for hydroxylation is 1. The Kier molecular flexibility index (Phi) is 6.72. The Morgan fingerprint density at radius 3 is 2.53 bits per heavy atom. The van der Waals surface area contributed by atoms with Gasteiger partial charge in [-0.15, -0.1) is 0 Å². The number of thiazole rings is 1. The number of halogens is 3. The molecule has 0 saturated carbocycles. The molecule has 0 saturated heterocycles. The summed E-state index contributed by atoms with van der Waals surface area (Å²) < 4.78 is 11.1. The first kappa shape index (κ1) is 24.6. The van der Waals surface area contributed by atoms with Crippen LogP contribution < -0.4 is 19.6 Å². The molecule has 0 unspecified atom stereocenters. The highest BCUT2D eigenvalue weighted by molar-refractivity contribution is 14.1.